The number of amides is 1. The fourth-order valence-electron chi connectivity index (χ4n) is 2.86. The van der Waals surface area contributed by atoms with Crippen LogP contribution in [-0.4, -0.2) is 36.8 Å². The van der Waals surface area contributed by atoms with Crippen molar-refractivity contribution in [3.63, 3.8) is 0 Å². The molecule has 3 N–H and O–H groups in total. The summed E-state index contributed by atoms with van der Waals surface area (Å²) < 4.78 is 0.271. The summed E-state index contributed by atoms with van der Waals surface area (Å²) in [5.74, 6) is 0.758. The number of rotatable bonds is 8. The Morgan fingerprint density at radius 3 is 2.39 bits per heavy atom. The van der Waals surface area contributed by atoms with E-state index in [-0.39, 0.29) is 10.7 Å². The zero-order valence-corrected chi connectivity index (χ0v) is 17.3. The van der Waals surface area contributed by atoms with Gasteiger partial charge < -0.3 is 16.0 Å². The van der Waals surface area contributed by atoms with Crippen LogP contribution in [-0.2, 0) is 6.54 Å². The van der Waals surface area contributed by atoms with Crippen molar-refractivity contribution in [3.8, 4) is 0 Å². The van der Waals surface area contributed by atoms with Crippen molar-refractivity contribution in [1.29, 1.82) is 0 Å². The van der Waals surface area contributed by atoms with Crippen LogP contribution >= 0.6 is 11.8 Å². The first-order valence-electron chi connectivity index (χ1n) is 9.71. The molecule has 6 heteroatoms. The van der Waals surface area contributed by atoms with E-state index in [1.165, 1.54) is 17.7 Å². The molecule has 3 rings (SSSR count). The van der Waals surface area contributed by atoms with Crippen LogP contribution in [0.5, 0.6) is 0 Å². The number of carbonyl (C=O) groups excluding carboxylic acids is 1. The Morgan fingerprint density at radius 1 is 1.07 bits per heavy atom. The largest absolute Gasteiger partial charge is 0.357 e. The first-order valence-corrected chi connectivity index (χ1v) is 10.5. The Kier molecular flexibility index (Phi) is 6.98. The number of hydrogen-bond donors (Lipinski definition) is 3. The maximum Gasteiger partial charge on any atom is 0.251 e. The minimum atomic E-state index is -0.0734. The summed E-state index contributed by atoms with van der Waals surface area (Å²) in [5, 5.41) is 9.46. The van der Waals surface area contributed by atoms with Gasteiger partial charge in [0.15, 0.2) is 5.96 Å². The van der Waals surface area contributed by atoms with Crippen molar-refractivity contribution in [2.75, 3.05) is 20.1 Å². The van der Waals surface area contributed by atoms with E-state index in [2.05, 4.69) is 53.2 Å². The highest BCUT2D eigenvalue weighted by molar-refractivity contribution is 8.01. The van der Waals surface area contributed by atoms with Gasteiger partial charge in [-0.3, -0.25) is 4.79 Å². The van der Waals surface area contributed by atoms with Crippen LogP contribution < -0.4 is 16.0 Å². The Morgan fingerprint density at radius 2 is 1.79 bits per heavy atom. The van der Waals surface area contributed by atoms with Crippen LogP contribution in [0.1, 0.15) is 35.7 Å². The molecule has 1 saturated carbocycles. The summed E-state index contributed by atoms with van der Waals surface area (Å²) in [6, 6.07) is 18.1. The third kappa shape index (κ3) is 5.76. The van der Waals surface area contributed by atoms with E-state index >= 15 is 0 Å². The molecule has 0 bridgehead atoms. The number of nitrogens with zero attached hydrogens (tertiary/aromatic N) is 1. The minimum Gasteiger partial charge on any atom is -0.357 e. The molecular formula is C22H28N4OS. The lowest BCUT2D eigenvalue weighted by molar-refractivity contribution is 0.0963. The van der Waals surface area contributed by atoms with Gasteiger partial charge in [0.1, 0.15) is 0 Å². The SMILES string of the molecule is CCNC(=NCc1ccc(C(=O)NC)cc1)NCC1(Sc2ccccc2)CC1. The van der Waals surface area contributed by atoms with Gasteiger partial charge in [-0.15, -0.1) is 11.8 Å². The van der Waals surface area contributed by atoms with Gasteiger partial charge in [0.25, 0.3) is 5.91 Å². The molecule has 0 saturated heterocycles. The van der Waals surface area contributed by atoms with Gasteiger partial charge in [-0.25, -0.2) is 4.99 Å². The Bertz CT molecular complexity index is 801. The molecule has 1 fully saturated rings. The van der Waals surface area contributed by atoms with E-state index < -0.39 is 0 Å². The molecule has 148 valence electrons. The van der Waals surface area contributed by atoms with E-state index in [0.29, 0.717) is 12.1 Å². The Labute approximate surface area is 171 Å². The summed E-state index contributed by atoms with van der Waals surface area (Å²) >= 11 is 1.95. The zero-order valence-electron chi connectivity index (χ0n) is 16.5. The predicted octanol–water partition coefficient (Wildman–Crippen LogP) is 3.43. The van der Waals surface area contributed by atoms with Crippen molar-refractivity contribution >= 4 is 23.6 Å². The second-order valence-corrected chi connectivity index (χ2v) is 8.46. The molecule has 2 aromatic rings. The highest BCUT2D eigenvalue weighted by atomic mass is 32.2. The highest BCUT2D eigenvalue weighted by Gasteiger charge is 2.43. The molecule has 1 aliphatic carbocycles. The van der Waals surface area contributed by atoms with Crippen molar-refractivity contribution in [2.24, 2.45) is 4.99 Å². The Balaban J connectivity index is 1.56. The minimum absolute atomic E-state index is 0.0734. The van der Waals surface area contributed by atoms with Crippen molar-refractivity contribution in [1.82, 2.24) is 16.0 Å². The molecule has 1 aliphatic rings. The first-order chi connectivity index (χ1) is 13.6. The molecule has 1 amide bonds. The normalized spacial score (nSPS) is 15.0. The number of benzene rings is 2. The lowest BCUT2D eigenvalue weighted by Gasteiger charge is -2.18. The first kappa shape index (κ1) is 20.3. The van der Waals surface area contributed by atoms with E-state index in [9.17, 15) is 4.79 Å². The van der Waals surface area contributed by atoms with E-state index in [1.54, 1.807) is 7.05 Å². The van der Waals surface area contributed by atoms with Gasteiger partial charge >= 0.3 is 0 Å². The van der Waals surface area contributed by atoms with E-state index in [4.69, 9.17) is 4.99 Å². The standard InChI is InChI=1S/C22H28N4OS/c1-3-24-21(25-15-17-9-11-18(12-10-17)20(27)23-2)26-16-22(13-14-22)28-19-7-5-4-6-8-19/h4-12H,3,13-16H2,1-2H3,(H,23,27)(H2,24,25,26). The van der Waals surface area contributed by atoms with Crippen LogP contribution in [0, 0.1) is 0 Å². The summed E-state index contributed by atoms with van der Waals surface area (Å²) in [7, 11) is 1.64. The molecule has 0 unspecified atom stereocenters. The molecule has 2 aromatic carbocycles. The van der Waals surface area contributed by atoms with E-state index in [1.807, 2.05) is 36.0 Å². The topological polar surface area (TPSA) is 65.5 Å². The number of hydrogen-bond acceptors (Lipinski definition) is 3. The van der Waals surface area contributed by atoms with Crippen LogP contribution in [0.15, 0.2) is 64.5 Å². The molecule has 0 radical (unpaired) electrons. The maximum atomic E-state index is 11.6. The number of aliphatic imine (C=N–C) groups is 1. The quantitative estimate of drug-likeness (QED) is 0.472. The van der Waals surface area contributed by atoms with Crippen LogP contribution in [0.25, 0.3) is 0 Å². The number of carbonyl (C=O) groups is 1. The smallest absolute Gasteiger partial charge is 0.251 e. The fourth-order valence-corrected chi connectivity index (χ4v) is 4.10. The molecule has 28 heavy (non-hydrogen) atoms. The predicted molar refractivity (Wildman–Crippen MR) is 117 cm³/mol. The van der Waals surface area contributed by atoms with Gasteiger partial charge in [-0.05, 0) is 49.6 Å². The highest BCUT2D eigenvalue weighted by Crippen LogP contribution is 2.51. The summed E-state index contributed by atoms with van der Waals surface area (Å²) in [6.07, 6.45) is 2.44. The number of thioether (sulfide) groups is 1. The van der Waals surface area contributed by atoms with Crippen LogP contribution in [0.3, 0.4) is 0 Å². The average molecular weight is 397 g/mol. The second kappa shape index (κ2) is 9.64. The molecule has 0 atom stereocenters. The fraction of sp³-hybridized carbons (Fsp3) is 0.364. The van der Waals surface area contributed by atoms with Crippen LogP contribution in [0.4, 0.5) is 0 Å². The van der Waals surface area contributed by atoms with Gasteiger partial charge in [0.05, 0.1) is 6.54 Å². The van der Waals surface area contributed by atoms with Gasteiger partial charge in [0.2, 0.25) is 0 Å². The van der Waals surface area contributed by atoms with Crippen LogP contribution in [0.2, 0.25) is 0 Å². The molecule has 0 aliphatic heterocycles. The molecule has 0 aromatic heterocycles. The van der Waals surface area contributed by atoms with Crippen molar-refractivity contribution < 1.29 is 4.79 Å². The van der Waals surface area contributed by atoms with Gasteiger partial charge in [-0.2, -0.15) is 0 Å². The van der Waals surface area contributed by atoms with E-state index in [0.717, 1.165) is 24.6 Å². The molecule has 0 spiro atoms. The van der Waals surface area contributed by atoms with Gasteiger partial charge in [-0.1, -0.05) is 30.3 Å². The monoisotopic (exact) mass is 396 g/mol. The third-order valence-corrected chi connectivity index (χ3v) is 6.16. The molecular weight excluding hydrogens is 368 g/mol. The lowest BCUT2D eigenvalue weighted by atomic mass is 10.1. The maximum absolute atomic E-state index is 11.6. The summed E-state index contributed by atoms with van der Waals surface area (Å²) in [4.78, 5) is 17.7. The molecule has 5 nitrogen and oxygen atoms in total. The summed E-state index contributed by atoms with van der Waals surface area (Å²) in [5.41, 5.74) is 1.73. The second-order valence-electron chi connectivity index (χ2n) is 6.92. The summed E-state index contributed by atoms with van der Waals surface area (Å²) in [6.45, 7) is 4.36. The number of nitrogens with one attached hydrogen (secondary N) is 3. The molecule has 0 heterocycles. The third-order valence-electron chi connectivity index (χ3n) is 4.67. The van der Waals surface area contributed by atoms with Crippen molar-refractivity contribution in [2.45, 2.75) is 36.0 Å². The zero-order chi connectivity index (χ0) is 19.8. The van der Waals surface area contributed by atoms with Gasteiger partial charge in [0, 0.05) is 35.3 Å². The average Bonchev–Trinajstić information content (AvgIpc) is 3.50. The number of guanidine groups is 1. The Hall–Kier alpha value is -2.47. The van der Waals surface area contributed by atoms with Crippen molar-refractivity contribution in [3.05, 3.63) is 65.7 Å². The lowest BCUT2D eigenvalue weighted by Crippen LogP contribution is -2.41.